The standard InChI is InChI=1S/C30H26N4O10S/c1-30(2,44-29(37)43-17-19-5-9-21(10-6-19)34(40)41)25-23-15-24(45-22-11-13-31-14-12-22)26(32(23)27(25)35)28(36)42-16-18-3-7-20(8-4-18)33(38)39/h3-14,23,25H,15-17H2,1-2H3/t23-,25-/m1/s1. The first-order valence-corrected chi connectivity index (χ1v) is 14.4. The summed E-state index contributed by atoms with van der Waals surface area (Å²) in [6, 6.07) is 14.1. The highest BCUT2D eigenvalue weighted by atomic mass is 32.2. The number of hydrogen-bond donors (Lipinski definition) is 0. The first-order valence-electron chi connectivity index (χ1n) is 13.6. The van der Waals surface area contributed by atoms with Gasteiger partial charge in [-0.05, 0) is 61.4 Å². The topological polar surface area (TPSA) is 181 Å². The van der Waals surface area contributed by atoms with Crippen LogP contribution in [0.2, 0.25) is 0 Å². The maximum atomic E-state index is 13.5. The largest absolute Gasteiger partial charge is 0.509 e. The third kappa shape index (κ3) is 6.77. The molecule has 232 valence electrons. The molecule has 2 aromatic carbocycles. The van der Waals surface area contributed by atoms with Gasteiger partial charge in [0.05, 0.1) is 21.8 Å². The zero-order valence-corrected chi connectivity index (χ0v) is 24.8. The van der Waals surface area contributed by atoms with Crippen molar-refractivity contribution in [1.82, 2.24) is 9.88 Å². The Kier molecular flexibility index (Phi) is 8.81. The van der Waals surface area contributed by atoms with Crippen molar-refractivity contribution < 1.29 is 38.4 Å². The van der Waals surface area contributed by atoms with E-state index in [0.29, 0.717) is 22.5 Å². The highest BCUT2D eigenvalue weighted by Gasteiger charge is 2.62. The number of pyridine rings is 1. The highest BCUT2D eigenvalue weighted by Crippen LogP contribution is 2.51. The number of hydrogen-bond acceptors (Lipinski definition) is 12. The molecule has 0 aliphatic carbocycles. The number of aromatic nitrogens is 1. The number of fused-ring (bicyclic) bond motifs is 1. The maximum absolute atomic E-state index is 13.5. The number of non-ortho nitro benzene ring substituents is 2. The van der Waals surface area contributed by atoms with Gasteiger partial charge < -0.3 is 19.1 Å². The van der Waals surface area contributed by atoms with E-state index in [-0.39, 0.29) is 30.3 Å². The number of benzene rings is 2. The van der Waals surface area contributed by atoms with Crippen molar-refractivity contribution in [3.63, 3.8) is 0 Å². The fourth-order valence-corrected chi connectivity index (χ4v) is 6.23. The molecule has 3 aromatic rings. The molecule has 0 N–H and O–H groups in total. The molecule has 2 aliphatic rings. The van der Waals surface area contributed by atoms with E-state index in [2.05, 4.69) is 4.98 Å². The van der Waals surface area contributed by atoms with Gasteiger partial charge in [0.1, 0.15) is 24.5 Å². The minimum atomic E-state index is -1.31. The molecular formula is C30H26N4O10S. The van der Waals surface area contributed by atoms with Gasteiger partial charge in [-0.25, -0.2) is 9.59 Å². The average Bonchev–Trinajstić information content (AvgIpc) is 3.32. The third-order valence-corrected chi connectivity index (χ3v) is 8.43. The second-order valence-corrected chi connectivity index (χ2v) is 11.8. The van der Waals surface area contributed by atoms with Crippen LogP contribution in [-0.2, 0) is 37.0 Å². The molecule has 2 aliphatic heterocycles. The molecule has 3 heterocycles. The number of esters is 1. The van der Waals surface area contributed by atoms with Gasteiger partial charge in [0.25, 0.3) is 11.4 Å². The monoisotopic (exact) mass is 634 g/mol. The van der Waals surface area contributed by atoms with Crippen molar-refractivity contribution in [1.29, 1.82) is 0 Å². The van der Waals surface area contributed by atoms with Crippen molar-refractivity contribution in [2.45, 2.75) is 50.0 Å². The number of carbonyl (C=O) groups excluding carboxylic acids is 3. The normalized spacial score (nSPS) is 17.3. The van der Waals surface area contributed by atoms with E-state index in [4.69, 9.17) is 14.2 Å². The molecule has 0 bridgehead atoms. The molecule has 45 heavy (non-hydrogen) atoms. The van der Waals surface area contributed by atoms with Gasteiger partial charge in [-0.1, -0.05) is 11.8 Å². The molecule has 14 nitrogen and oxygen atoms in total. The predicted molar refractivity (Wildman–Crippen MR) is 157 cm³/mol. The lowest BCUT2D eigenvalue weighted by atomic mass is 9.76. The SMILES string of the molecule is CC(C)(OC(=O)OCc1ccc([N+](=O)[O-])cc1)[C@H]1C(=O)N2C(C(=O)OCc3ccc([N+](=O)[O-])cc3)=C(Sc3ccncc3)C[C@H]12. The van der Waals surface area contributed by atoms with Gasteiger partial charge in [0.15, 0.2) is 0 Å². The Balaban J connectivity index is 1.27. The number of nitrogens with zero attached hydrogens (tertiary/aromatic N) is 4. The van der Waals surface area contributed by atoms with Crippen molar-refractivity contribution in [3.05, 3.63) is 115 Å². The van der Waals surface area contributed by atoms with Gasteiger partial charge in [-0.3, -0.25) is 30.0 Å². The van der Waals surface area contributed by atoms with Crippen LogP contribution in [0, 0.1) is 26.1 Å². The van der Waals surface area contributed by atoms with Crippen molar-refractivity contribution in [2.75, 3.05) is 0 Å². The summed E-state index contributed by atoms with van der Waals surface area (Å²) in [6.45, 7) is 2.81. The maximum Gasteiger partial charge on any atom is 0.509 e. The van der Waals surface area contributed by atoms with Crippen LogP contribution < -0.4 is 0 Å². The van der Waals surface area contributed by atoms with Crippen LogP contribution in [0.1, 0.15) is 31.4 Å². The summed E-state index contributed by atoms with van der Waals surface area (Å²) in [5.41, 5.74) is -0.383. The van der Waals surface area contributed by atoms with Crippen LogP contribution in [0.3, 0.4) is 0 Å². The molecule has 0 saturated carbocycles. The zero-order valence-electron chi connectivity index (χ0n) is 24.0. The van der Waals surface area contributed by atoms with Crippen LogP contribution in [-0.4, -0.2) is 49.4 Å². The minimum absolute atomic E-state index is 0.0847. The number of rotatable bonds is 11. The number of nitro benzene ring substituents is 2. The Bertz CT molecular complexity index is 1680. The van der Waals surface area contributed by atoms with Gasteiger partial charge in [0.2, 0.25) is 5.91 Å². The minimum Gasteiger partial charge on any atom is -0.456 e. The number of amides is 1. The third-order valence-electron chi connectivity index (χ3n) is 7.32. The highest BCUT2D eigenvalue weighted by molar-refractivity contribution is 8.03. The summed E-state index contributed by atoms with van der Waals surface area (Å²) in [6.07, 6.45) is 2.49. The number of nitro groups is 2. The molecule has 2 atom stereocenters. The van der Waals surface area contributed by atoms with Crippen LogP contribution >= 0.6 is 11.8 Å². The molecule has 0 radical (unpaired) electrons. The Morgan fingerprint density at radius 1 is 0.911 bits per heavy atom. The summed E-state index contributed by atoms with van der Waals surface area (Å²) in [7, 11) is 0. The number of thioether (sulfide) groups is 1. The van der Waals surface area contributed by atoms with E-state index in [1.165, 1.54) is 65.2 Å². The quantitative estimate of drug-likeness (QED) is 0.115. The predicted octanol–water partition coefficient (Wildman–Crippen LogP) is 5.31. The van der Waals surface area contributed by atoms with Gasteiger partial charge >= 0.3 is 12.1 Å². The first kappa shape index (κ1) is 31.1. The Morgan fingerprint density at radius 2 is 1.44 bits per heavy atom. The Hall–Kier alpha value is -5.31. The molecule has 1 fully saturated rings. The van der Waals surface area contributed by atoms with Gasteiger partial charge in [-0.2, -0.15) is 0 Å². The van der Waals surface area contributed by atoms with Crippen molar-refractivity contribution in [2.24, 2.45) is 5.92 Å². The average molecular weight is 635 g/mol. The second-order valence-electron chi connectivity index (χ2n) is 10.7. The smallest absolute Gasteiger partial charge is 0.456 e. The Labute approximate surface area is 260 Å². The Morgan fingerprint density at radius 3 is 1.98 bits per heavy atom. The van der Waals surface area contributed by atoms with Crippen LogP contribution in [0.15, 0.2) is 88.6 Å². The molecule has 1 saturated heterocycles. The number of carbonyl (C=O) groups is 3. The molecule has 1 aromatic heterocycles. The van der Waals surface area contributed by atoms with E-state index in [1.54, 1.807) is 38.4 Å². The molecule has 0 spiro atoms. The lowest BCUT2D eigenvalue weighted by Crippen LogP contribution is -2.66. The van der Waals surface area contributed by atoms with Crippen LogP contribution in [0.25, 0.3) is 0 Å². The first-order chi connectivity index (χ1) is 21.4. The van der Waals surface area contributed by atoms with Crippen LogP contribution in [0.4, 0.5) is 16.2 Å². The van der Waals surface area contributed by atoms with E-state index >= 15 is 0 Å². The molecule has 5 rings (SSSR count). The van der Waals surface area contributed by atoms with Crippen molar-refractivity contribution in [3.8, 4) is 0 Å². The lowest BCUT2D eigenvalue weighted by Gasteiger charge is -2.49. The molecular weight excluding hydrogens is 608 g/mol. The van der Waals surface area contributed by atoms with Crippen LogP contribution in [0.5, 0.6) is 0 Å². The summed E-state index contributed by atoms with van der Waals surface area (Å²) < 4.78 is 16.3. The molecule has 15 heteroatoms. The van der Waals surface area contributed by atoms with Gasteiger partial charge in [0, 0.05) is 52.9 Å². The van der Waals surface area contributed by atoms with E-state index < -0.39 is 45.4 Å². The summed E-state index contributed by atoms with van der Waals surface area (Å²) >= 11 is 1.29. The second kappa shape index (κ2) is 12.7. The summed E-state index contributed by atoms with van der Waals surface area (Å²) in [5.74, 6) is -1.96. The molecule has 1 amide bonds. The van der Waals surface area contributed by atoms with E-state index in [9.17, 15) is 34.6 Å². The number of β-lactam (4-membered cyclic amide) rings is 1. The lowest BCUT2D eigenvalue weighted by molar-refractivity contribution is -0.385. The number of ether oxygens (including phenoxy) is 3. The fraction of sp³-hybridized carbons (Fsp3) is 0.267. The summed E-state index contributed by atoms with van der Waals surface area (Å²) in [5, 5.41) is 21.8. The van der Waals surface area contributed by atoms with E-state index in [1.807, 2.05) is 0 Å². The fourth-order valence-electron chi connectivity index (χ4n) is 5.16. The summed E-state index contributed by atoms with van der Waals surface area (Å²) in [4.78, 5) is 67.0. The van der Waals surface area contributed by atoms with Gasteiger partial charge in [-0.15, -0.1) is 0 Å². The zero-order chi connectivity index (χ0) is 32.3. The molecule has 0 unspecified atom stereocenters. The van der Waals surface area contributed by atoms with E-state index in [0.717, 1.165) is 4.90 Å². The van der Waals surface area contributed by atoms with Crippen molar-refractivity contribution >= 4 is 41.2 Å².